The third-order valence-electron chi connectivity index (χ3n) is 5.87. The van der Waals surface area contributed by atoms with Crippen LogP contribution in [0.2, 0.25) is 0 Å². The van der Waals surface area contributed by atoms with Gasteiger partial charge < -0.3 is 14.6 Å². The van der Waals surface area contributed by atoms with Gasteiger partial charge in [-0.3, -0.25) is 4.90 Å². The summed E-state index contributed by atoms with van der Waals surface area (Å²) in [7, 11) is 0. The average Bonchev–Trinajstić information content (AvgIpc) is 2.82. The Morgan fingerprint density at radius 3 is 2.11 bits per heavy atom. The first-order valence-electron chi connectivity index (χ1n) is 11.5. The van der Waals surface area contributed by atoms with Gasteiger partial charge in [0.05, 0.1) is 30.4 Å². The molecule has 4 nitrogen and oxygen atoms in total. The molecule has 2 unspecified atom stereocenters. The van der Waals surface area contributed by atoms with Crippen LogP contribution in [0.25, 0.3) is 0 Å². The van der Waals surface area contributed by atoms with Crippen LogP contribution < -0.4 is 0 Å². The van der Waals surface area contributed by atoms with Crippen molar-refractivity contribution in [3.8, 4) is 0 Å². The zero-order chi connectivity index (χ0) is 25.5. The number of hydrogen-bond donors (Lipinski definition) is 1. The van der Waals surface area contributed by atoms with Crippen molar-refractivity contribution < 1.29 is 40.9 Å². The Hall–Kier alpha value is -2.14. The fourth-order valence-electron chi connectivity index (χ4n) is 4.16. The second-order valence-corrected chi connectivity index (χ2v) is 8.49. The second-order valence-electron chi connectivity index (χ2n) is 8.49. The quantitative estimate of drug-likeness (QED) is 0.309. The maximum Gasteiger partial charge on any atom is 0.416 e. The fraction of sp³-hybridized carbons (Fsp3) is 0.520. The smallest absolute Gasteiger partial charge is 0.396 e. The van der Waals surface area contributed by atoms with Crippen molar-refractivity contribution in [3.63, 3.8) is 0 Å². The van der Waals surface area contributed by atoms with E-state index in [1.807, 2.05) is 30.3 Å². The summed E-state index contributed by atoms with van der Waals surface area (Å²) in [5.41, 5.74) is -2.10. The first-order valence-corrected chi connectivity index (χ1v) is 11.5. The number of halogens is 6. The molecule has 0 bridgehead atoms. The minimum absolute atomic E-state index is 0.103. The summed E-state index contributed by atoms with van der Waals surface area (Å²) in [6.45, 7) is 1.33. The molecule has 3 rings (SSSR count). The summed E-state index contributed by atoms with van der Waals surface area (Å²) in [6.07, 6.45) is -7.28. The van der Waals surface area contributed by atoms with E-state index >= 15 is 0 Å². The van der Waals surface area contributed by atoms with Gasteiger partial charge in [-0.25, -0.2) is 0 Å². The largest absolute Gasteiger partial charge is 0.416 e. The molecular formula is C25H29F6NO3. The van der Waals surface area contributed by atoms with Crippen LogP contribution in [0.5, 0.6) is 0 Å². The van der Waals surface area contributed by atoms with Gasteiger partial charge >= 0.3 is 12.4 Å². The van der Waals surface area contributed by atoms with Crippen molar-refractivity contribution in [2.45, 2.75) is 57.0 Å². The van der Waals surface area contributed by atoms with Crippen LogP contribution in [0.4, 0.5) is 26.3 Å². The lowest BCUT2D eigenvalue weighted by atomic mass is 10.0. The highest BCUT2D eigenvalue weighted by Gasteiger charge is 2.38. The third-order valence-corrected chi connectivity index (χ3v) is 5.87. The van der Waals surface area contributed by atoms with Crippen molar-refractivity contribution in [3.05, 3.63) is 70.8 Å². The number of benzene rings is 2. The molecule has 0 amide bonds. The molecule has 10 heteroatoms. The number of rotatable bonds is 10. The van der Waals surface area contributed by atoms with Gasteiger partial charge in [-0.05, 0) is 48.7 Å². The molecule has 2 atom stereocenters. The summed E-state index contributed by atoms with van der Waals surface area (Å²) in [5, 5.41) is 8.95. The van der Waals surface area contributed by atoms with E-state index in [9.17, 15) is 26.3 Å². The van der Waals surface area contributed by atoms with Gasteiger partial charge in [0.25, 0.3) is 0 Å². The highest BCUT2D eigenvalue weighted by molar-refractivity contribution is 5.33. The van der Waals surface area contributed by atoms with Crippen LogP contribution in [0.15, 0.2) is 48.5 Å². The number of nitrogens with zero attached hydrogens (tertiary/aromatic N) is 1. The van der Waals surface area contributed by atoms with Crippen molar-refractivity contribution in [1.82, 2.24) is 4.90 Å². The van der Waals surface area contributed by atoms with Gasteiger partial charge in [0, 0.05) is 13.2 Å². The van der Waals surface area contributed by atoms with Crippen molar-refractivity contribution in [2.24, 2.45) is 0 Å². The molecule has 0 aromatic heterocycles. The molecular weight excluding hydrogens is 476 g/mol. The van der Waals surface area contributed by atoms with E-state index in [2.05, 4.69) is 4.90 Å². The second kappa shape index (κ2) is 12.2. The maximum absolute atomic E-state index is 13.2. The fourth-order valence-corrected chi connectivity index (χ4v) is 4.16. The summed E-state index contributed by atoms with van der Waals surface area (Å²) in [5.74, 6) is 0. The lowest BCUT2D eigenvalue weighted by Crippen LogP contribution is -2.46. The average molecular weight is 505 g/mol. The van der Waals surface area contributed by atoms with Gasteiger partial charge in [0.1, 0.15) is 0 Å². The molecule has 1 heterocycles. The van der Waals surface area contributed by atoms with E-state index in [-0.39, 0.29) is 24.3 Å². The van der Waals surface area contributed by atoms with Crippen LogP contribution in [-0.4, -0.2) is 42.6 Å². The SMILES string of the molecule is OCCCCCCN1CCOC(OCc2cc(C(F)(F)F)cc(C(F)(F)F)c2)C1c1ccccc1. The lowest BCUT2D eigenvalue weighted by molar-refractivity contribution is -0.216. The molecule has 1 aliphatic heterocycles. The Balaban J connectivity index is 1.78. The monoisotopic (exact) mass is 505 g/mol. The molecule has 1 saturated heterocycles. The molecule has 0 radical (unpaired) electrons. The molecule has 1 aliphatic rings. The molecule has 0 aliphatic carbocycles. The van der Waals surface area contributed by atoms with Crippen molar-refractivity contribution in [1.29, 1.82) is 0 Å². The first kappa shape index (κ1) is 27.4. The molecule has 2 aromatic rings. The molecule has 0 spiro atoms. The Morgan fingerprint density at radius 2 is 1.51 bits per heavy atom. The standard InChI is InChI=1S/C25H29F6NO3/c26-24(27,28)20-14-18(15-21(16-20)25(29,30)31)17-35-23-22(19-8-4-3-5-9-19)32(11-13-34-23)10-6-1-2-7-12-33/h3-5,8-9,14-16,22-23,33H,1-2,6-7,10-13,17H2. The summed E-state index contributed by atoms with van der Waals surface area (Å²) >= 11 is 0. The highest BCUT2D eigenvalue weighted by Crippen LogP contribution is 2.37. The zero-order valence-electron chi connectivity index (χ0n) is 19.1. The number of unbranched alkanes of at least 4 members (excludes halogenated alkanes) is 3. The lowest BCUT2D eigenvalue weighted by Gasteiger charge is -2.41. The Kier molecular flexibility index (Phi) is 9.57. The first-order chi connectivity index (χ1) is 16.6. The molecule has 1 N–H and O–H groups in total. The van der Waals surface area contributed by atoms with Gasteiger partial charge in [0.15, 0.2) is 6.29 Å². The molecule has 1 fully saturated rings. The van der Waals surface area contributed by atoms with E-state index in [4.69, 9.17) is 14.6 Å². The number of aliphatic hydroxyl groups excluding tert-OH is 1. The van der Waals surface area contributed by atoms with Crippen LogP contribution in [-0.2, 0) is 28.4 Å². The summed E-state index contributed by atoms with van der Waals surface area (Å²) < 4.78 is 90.9. The maximum atomic E-state index is 13.2. The predicted octanol–water partition coefficient (Wildman–Crippen LogP) is 6.19. The Bertz CT molecular complexity index is 887. The minimum Gasteiger partial charge on any atom is -0.396 e. The number of ether oxygens (including phenoxy) is 2. The zero-order valence-corrected chi connectivity index (χ0v) is 19.1. The number of hydrogen-bond acceptors (Lipinski definition) is 4. The number of morpholine rings is 1. The van der Waals surface area contributed by atoms with Crippen LogP contribution >= 0.6 is 0 Å². The number of aliphatic hydroxyl groups is 1. The Morgan fingerprint density at radius 1 is 0.886 bits per heavy atom. The van der Waals surface area contributed by atoms with E-state index in [0.29, 0.717) is 25.3 Å². The molecule has 35 heavy (non-hydrogen) atoms. The third kappa shape index (κ3) is 7.93. The minimum atomic E-state index is -4.92. The topological polar surface area (TPSA) is 41.9 Å². The van der Waals surface area contributed by atoms with E-state index in [0.717, 1.165) is 37.8 Å². The molecule has 194 valence electrons. The van der Waals surface area contributed by atoms with Crippen molar-refractivity contribution in [2.75, 3.05) is 26.3 Å². The highest BCUT2D eigenvalue weighted by atomic mass is 19.4. The molecule has 0 saturated carbocycles. The van der Waals surface area contributed by atoms with Crippen LogP contribution in [0.3, 0.4) is 0 Å². The number of alkyl halides is 6. The Labute approximate surface area is 200 Å². The van der Waals surface area contributed by atoms with Crippen LogP contribution in [0.1, 0.15) is 54.0 Å². The summed E-state index contributed by atoms with van der Waals surface area (Å²) in [4.78, 5) is 2.16. The molecule has 2 aromatic carbocycles. The van der Waals surface area contributed by atoms with E-state index < -0.39 is 36.4 Å². The van der Waals surface area contributed by atoms with Gasteiger partial charge in [-0.1, -0.05) is 43.2 Å². The van der Waals surface area contributed by atoms with Gasteiger partial charge in [-0.2, -0.15) is 26.3 Å². The van der Waals surface area contributed by atoms with Crippen LogP contribution in [0, 0.1) is 0 Å². The van der Waals surface area contributed by atoms with E-state index in [1.165, 1.54) is 0 Å². The van der Waals surface area contributed by atoms with Crippen molar-refractivity contribution >= 4 is 0 Å². The van der Waals surface area contributed by atoms with Gasteiger partial charge in [-0.15, -0.1) is 0 Å². The normalized spacial score (nSPS) is 19.7. The van der Waals surface area contributed by atoms with E-state index in [1.54, 1.807) is 0 Å². The van der Waals surface area contributed by atoms with Gasteiger partial charge in [0.2, 0.25) is 0 Å². The summed E-state index contributed by atoms with van der Waals surface area (Å²) in [6, 6.07) is 10.4. The predicted molar refractivity (Wildman–Crippen MR) is 117 cm³/mol.